The first kappa shape index (κ1) is 15.0. The zero-order chi connectivity index (χ0) is 16.6. The molecule has 1 aliphatic rings. The largest absolute Gasteiger partial charge is 0.502 e. The molecular weight excluding hydrogens is 297 g/mol. The summed E-state index contributed by atoms with van der Waals surface area (Å²) in [6.45, 7) is 1.89. The number of rotatable bonds is 3. The van der Waals surface area contributed by atoms with Gasteiger partial charge in [0.2, 0.25) is 0 Å². The molecule has 2 amide bonds. The van der Waals surface area contributed by atoms with E-state index in [1.165, 1.54) is 24.3 Å². The number of amides is 2. The summed E-state index contributed by atoms with van der Waals surface area (Å²) in [7, 11) is 0. The number of aliphatic hydroxyl groups is 1. The van der Waals surface area contributed by atoms with Crippen LogP contribution in [0.3, 0.4) is 0 Å². The van der Waals surface area contributed by atoms with Gasteiger partial charge in [-0.15, -0.1) is 0 Å². The molecule has 1 aliphatic heterocycles. The molecule has 23 heavy (non-hydrogen) atoms. The first-order valence-electron chi connectivity index (χ1n) is 7.08. The molecule has 3 rings (SSSR count). The number of carbonyl (C=O) groups is 2. The molecule has 0 spiro atoms. The lowest BCUT2D eigenvalue weighted by Gasteiger charge is -2.14. The molecule has 0 aliphatic carbocycles. The second-order valence-corrected chi connectivity index (χ2v) is 5.41. The van der Waals surface area contributed by atoms with Crippen LogP contribution < -0.4 is 0 Å². The van der Waals surface area contributed by atoms with Gasteiger partial charge < -0.3 is 5.11 Å². The van der Waals surface area contributed by atoms with Gasteiger partial charge in [0, 0.05) is 0 Å². The fraction of sp³-hybridized carbons (Fsp3) is 0.111. The predicted molar refractivity (Wildman–Crippen MR) is 82.7 cm³/mol. The van der Waals surface area contributed by atoms with Gasteiger partial charge in [0.1, 0.15) is 5.82 Å². The molecule has 2 aromatic carbocycles. The van der Waals surface area contributed by atoms with Crippen LogP contribution in [0.4, 0.5) is 4.39 Å². The lowest BCUT2D eigenvalue weighted by Crippen LogP contribution is -2.31. The highest BCUT2D eigenvalue weighted by atomic mass is 19.1. The Balaban J connectivity index is 1.89. The monoisotopic (exact) mass is 311 g/mol. The topological polar surface area (TPSA) is 57.6 Å². The van der Waals surface area contributed by atoms with Crippen molar-refractivity contribution in [3.05, 3.63) is 76.8 Å². The molecule has 0 saturated carbocycles. The molecule has 5 heteroatoms. The summed E-state index contributed by atoms with van der Waals surface area (Å²) < 4.78 is 12.9. The van der Waals surface area contributed by atoms with Gasteiger partial charge in [-0.25, -0.2) is 4.39 Å². The van der Waals surface area contributed by atoms with Gasteiger partial charge in [-0.3, -0.25) is 14.5 Å². The molecule has 4 nitrogen and oxygen atoms in total. The van der Waals surface area contributed by atoms with E-state index in [1.807, 2.05) is 6.92 Å². The van der Waals surface area contributed by atoms with Crippen LogP contribution in [-0.4, -0.2) is 21.8 Å². The normalized spacial score (nSPS) is 14.8. The van der Waals surface area contributed by atoms with E-state index in [1.54, 1.807) is 24.3 Å². The number of hydrogen-bond donors (Lipinski definition) is 1. The standard InChI is InChI=1S/C18H14FNO3/c1-11-2-6-13(7-3-11)15-16(21)18(23)20(17(15)22)10-12-4-8-14(19)9-5-12/h2-9,21H,10H2,1H3. The SMILES string of the molecule is Cc1ccc(C2=C(O)C(=O)N(Cc3ccc(F)cc3)C2=O)cc1. The minimum absolute atomic E-state index is 0.00267. The Bertz CT molecular complexity index is 807. The van der Waals surface area contributed by atoms with E-state index in [2.05, 4.69) is 0 Å². The molecular formula is C18H14FNO3. The van der Waals surface area contributed by atoms with Crippen molar-refractivity contribution in [3.8, 4) is 0 Å². The van der Waals surface area contributed by atoms with E-state index in [-0.39, 0.29) is 12.1 Å². The van der Waals surface area contributed by atoms with Crippen LogP contribution in [0.5, 0.6) is 0 Å². The number of carbonyl (C=O) groups excluding carboxylic acids is 2. The van der Waals surface area contributed by atoms with E-state index in [4.69, 9.17) is 0 Å². The molecule has 0 fully saturated rings. The zero-order valence-electron chi connectivity index (χ0n) is 12.4. The van der Waals surface area contributed by atoms with Gasteiger partial charge in [-0.2, -0.15) is 0 Å². The maximum atomic E-state index is 12.9. The van der Waals surface area contributed by atoms with Gasteiger partial charge >= 0.3 is 0 Å². The summed E-state index contributed by atoms with van der Waals surface area (Å²) in [5.74, 6) is -2.24. The summed E-state index contributed by atoms with van der Waals surface area (Å²) in [5.41, 5.74) is 2.10. The maximum absolute atomic E-state index is 12.9. The molecule has 0 saturated heterocycles. The van der Waals surface area contributed by atoms with Crippen LogP contribution in [0.1, 0.15) is 16.7 Å². The molecule has 1 heterocycles. The fourth-order valence-corrected chi connectivity index (χ4v) is 2.46. The number of halogens is 1. The van der Waals surface area contributed by atoms with Crippen LogP contribution in [0.2, 0.25) is 0 Å². The second kappa shape index (κ2) is 5.68. The van der Waals surface area contributed by atoms with Crippen molar-refractivity contribution in [3.63, 3.8) is 0 Å². The molecule has 0 bridgehead atoms. The van der Waals surface area contributed by atoms with Crippen LogP contribution in [0, 0.1) is 12.7 Å². The van der Waals surface area contributed by atoms with E-state index in [9.17, 15) is 19.1 Å². The van der Waals surface area contributed by atoms with E-state index < -0.39 is 23.4 Å². The lowest BCUT2D eigenvalue weighted by molar-refractivity contribution is -0.138. The molecule has 2 aromatic rings. The highest BCUT2D eigenvalue weighted by Crippen LogP contribution is 2.29. The Kier molecular flexibility index (Phi) is 3.70. The first-order chi connectivity index (χ1) is 11.0. The van der Waals surface area contributed by atoms with Crippen LogP contribution in [0.15, 0.2) is 54.3 Å². The number of benzene rings is 2. The van der Waals surface area contributed by atoms with Crippen molar-refractivity contribution < 1.29 is 19.1 Å². The van der Waals surface area contributed by atoms with Crippen molar-refractivity contribution in [1.82, 2.24) is 4.90 Å². The predicted octanol–water partition coefficient (Wildman–Crippen LogP) is 2.97. The molecule has 0 atom stereocenters. The van der Waals surface area contributed by atoms with Gasteiger partial charge in [-0.1, -0.05) is 42.0 Å². The molecule has 116 valence electrons. The van der Waals surface area contributed by atoms with Crippen molar-refractivity contribution in [2.75, 3.05) is 0 Å². The number of imide groups is 1. The van der Waals surface area contributed by atoms with Crippen LogP contribution in [0.25, 0.3) is 5.57 Å². The molecule has 0 aromatic heterocycles. The van der Waals surface area contributed by atoms with Gasteiger partial charge in [0.25, 0.3) is 11.8 Å². The third-order valence-electron chi connectivity index (χ3n) is 3.74. The fourth-order valence-electron chi connectivity index (χ4n) is 2.46. The first-order valence-corrected chi connectivity index (χ1v) is 7.08. The summed E-state index contributed by atoms with van der Waals surface area (Å²) >= 11 is 0. The summed E-state index contributed by atoms with van der Waals surface area (Å²) in [4.78, 5) is 25.6. The highest BCUT2D eigenvalue weighted by Gasteiger charge is 2.39. The van der Waals surface area contributed by atoms with E-state index in [0.29, 0.717) is 11.1 Å². The number of nitrogens with zero attached hydrogens (tertiary/aromatic N) is 1. The number of aliphatic hydroxyl groups excluding tert-OH is 1. The number of aryl methyl sites for hydroxylation is 1. The average Bonchev–Trinajstić information content (AvgIpc) is 2.74. The Labute approximate surface area is 132 Å². The maximum Gasteiger partial charge on any atom is 0.296 e. The highest BCUT2D eigenvalue weighted by molar-refractivity contribution is 6.34. The van der Waals surface area contributed by atoms with Gasteiger partial charge in [-0.05, 0) is 30.2 Å². The van der Waals surface area contributed by atoms with Crippen molar-refractivity contribution in [1.29, 1.82) is 0 Å². The quantitative estimate of drug-likeness (QED) is 0.887. The van der Waals surface area contributed by atoms with E-state index in [0.717, 1.165) is 10.5 Å². The van der Waals surface area contributed by atoms with E-state index >= 15 is 0 Å². The van der Waals surface area contributed by atoms with Gasteiger partial charge in [0.05, 0.1) is 12.1 Å². The molecule has 1 N–H and O–H groups in total. The minimum atomic E-state index is -0.741. The molecule has 0 unspecified atom stereocenters. The third kappa shape index (κ3) is 2.73. The lowest BCUT2D eigenvalue weighted by atomic mass is 10.0. The Morgan fingerprint density at radius 2 is 1.57 bits per heavy atom. The van der Waals surface area contributed by atoms with Crippen LogP contribution >= 0.6 is 0 Å². The minimum Gasteiger partial charge on any atom is -0.502 e. The number of hydrogen-bond acceptors (Lipinski definition) is 3. The van der Waals surface area contributed by atoms with Crippen molar-refractivity contribution in [2.45, 2.75) is 13.5 Å². The average molecular weight is 311 g/mol. The van der Waals surface area contributed by atoms with Crippen molar-refractivity contribution >= 4 is 17.4 Å². The summed E-state index contributed by atoms with van der Waals surface area (Å²) in [5, 5.41) is 10.1. The van der Waals surface area contributed by atoms with Crippen molar-refractivity contribution in [2.24, 2.45) is 0 Å². The smallest absolute Gasteiger partial charge is 0.296 e. The van der Waals surface area contributed by atoms with Gasteiger partial charge in [0.15, 0.2) is 5.76 Å². The molecule has 0 radical (unpaired) electrons. The Morgan fingerprint density at radius 3 is 2.17 bits per heavy atom. The summed E-state index contributed by atoms with van der Waals surface area (Å²) in [6, 6.07) is 12.5. The summed E-state index contributed by atoms with van der Waals surface area (Å²) in [6.07, 6.45) is 0. The van der Waals surface area contributed by atoms with Crippen LogP contribution in [-0.2, 0) is 16.1 Å². The third-order valence-corrected chi connectivity index (χ3v) is 3.74. The zero-order valence-corrected chi connectivity index (χ0v) is 12.4. The Morgan fingerprint density at radius 1 is 0.957 bits per heavy atom. The Hall–Kier alpha value is -2.95. The second-order valence-electron chi connectivity index (χ2n) is 5.41.